The molecule has 3 aromatic rings. The van der Waals surface area contributed by atoms with Gasteiger partial charge < -0.3 is 10.4 Å². The molecule has 0 aliphatic rings. The maximum absolute atomic E-state index is 12.3. The van der Waals surface area contributed by atoms with Crippen molar-refractivity contribution in [2.24, 2.45) is 7.05 Å². The Morgan fingerprint density at radius 3 is 2.91 bits per heavy atom. The lowest BCUT2D eigenvalue weighted by atomic mass is 10.2. The summed E-state index contributed by atoms with van der Waals surface area (Å²) in [6.07, 6.45) is 1.54. The number of anilines is 1. The van der Waals surface area contributed by atoms with Gasteiger partial charge in [-0.15, -0.1) is 0 Å². The second kappa shape index (κ2) is 5.31. The highest BCUT2D eigenvalue weighted by Crippen LogP contribution is 2.27. The van der Waals surface area contributed by atoms with Crippen molar-refractivity contribution in [3.8, 4) is 5.75 Å². The molecule has 0 saturated heterocycles. The molecule has 1 aromatic carbocycles. The van der Waals surface area contributed by atoms with Crippen LogP contribution in [0, 0.1) is 6.92 Å². The minimum atomic E-state index is -0.495. The molecule has 22 heavy (non-hydrogen) atoms. The number of phenolic OH excluding ortho intramolecular Hbond substituents is 1. The molecule has 3 rings (SSSR count). The second-order valence-corrected chi connectivity index (χ2v) is 5.30. The van der Waals surface area contributed by atoms with Crippen molar-refractivity contribution >= 4 is 34.2 Å². The number of phenols is 1. The van der Waals surface area contributed by atoms with Crippen LogP contribution in [0.3, 0.4) is 0 Å². The lowest BCUT2D eigenvalue weighted by molar-refractivity contribution is 0.102. The van der Waals surface area contributed by atoms with E-state index in [-0.39, 0.29) is 16.3 Å². The lowest BCUT2D eigenvalue weighted by Gasteiger charge is -2.08. The fourth-order valence-electron chi connectivity index (χ4n) is 2.31. The Bertz CT molecular complexity index is 868. The van der Waals surface area contributed by atoms with E-state index < -0.39 is 5.91 Å². The number of halogens is 1. The zero-order valence-corrected chi connectivity index (χ0v) is 12.7. The van der Waals surface area contributed by atoms with Crippen LogP contribution in [0.25, 0.3) is 11.0 Å². The van der Waals surface area contributed by atoms with Gasteiger partial charge in [0.15, 0.2) is 5.65 Å². The molecular weight excluding hydrogens is 304 g/mol. The number of rotatable bonds is 2. The fraction of sp³-hybridized carbons (Fsp3) is 0.133. The average molecular weight is 317 g/mol. The van der Waals surface area contributed by atoms with E-state index in [4.69, 9.17) is 11.6 Å². The molecular formula is C15H13ClN4O2. The number of carbonyl (C=O) groups is 1. The Morgan fingerprint density at radius 1 is 1.41 bits per heavy atom. The number of hydrogen-bond acceptors (Lipinski definition) is 4. The molecule has 7 heteroatoms. The third kappa shape index (κ3) is 2.37. The Labute approximate surface area is 131 Å². The van der Waals surface area contributed by atoms with Gasteiger partial charge in [0.25, 0.3) is 5.91 Å². The zero-order chi connectivity index (χ0) is 15.9. The molecule has 2 N–H and O–H groups in total. The minimum absolute atomic E-state index is 0.0344. The topological polar surface area (TPSA) is 80.0 Å². The summed E-state index contributed by atoms with van der Waals surface area (Å²) in [5, 5.41) is 17.8. The van der Waals surface area contributed by atoms with E-state index in [1.54, 1.807) is 22.9 Å². The van der Waals surface area contributed by atoms with Gasteiger partial charge in [0.2, 0.25) is 0 Å². The van der Waals surface area contributed by atoms with Crippen molar-refractivity contribution in [1.29, 1.82) is 0 Å². The largest absolute Gasteiger partial charge is 0.507 e. The molecule has 0 atom stereocenters. The van der Waals surface area contributed by atoms with E-state index in [0.717, 1.165) is 16.7 Å². The second-order valence-electron chi connectivity index (χ2n) is 4.89. The van der Waals surface area contributed by atoms with Crippen LogP contribution in [0.5, 0.6) is 5.75 Å². The van der Waals surface area contributed by atoms with Crippen LogP contribution < -0.4 is 5.32 Å². The monoisotopic (exact) mass is 316 g/mol. The number of benzene rings is 1. The zero-order valence-electron chi connectivity index (χ0n) is 12.0. The number of carbonyl (C=O) groups excluding carboxylic acids is 1. The number of nitrogens with zero attached hydrogens (tertiary/aromatic N) is 3. The number of pyridine rings is 1. The van der Waals surface area contributed by atoms with Crippen molar-refractivity contribution in [3.05, 3.63) is 46.7 Å². The smallest absolute Gasteiger partial charge is 0.260 e. The van der Waals surface area contributed by atoms with Crippen molar-refractivity contribution in [1.82, 2.24) is 14.8 Å². The highest BCUT2D eigenvalue weighted by Gasteiger charge is 2.16. The fourth-order valence-corrected chi connectivity index (χ4v) is 2.56. The standard InChI is InChI=1S/C15H13ClN4O2/c1-8-10-6-9(7-17-14(10)20(2)19-8)18-15(22)13-11(16)4-3-5-12(13)21/h3-7,21H,1-2H3,(H,18,22). The number of hydrogen-bond donors (Lipinski definition) is 2. The van der Waals surface area contributed by atoms with E-state index in [1.165, 1.54) is 12.3 Å². The summed E-state index contributed by atoms with van der Waals surface area (Å²) >= 11 is 5.96. The van der Waals surface area contributed by atoms with Gasteiger partial charge in [-0.3, -0.25) is 9.48 Å². The summed E-state index contributed by atoms with van der Waals surface area (Å²) in [5.74, 6) is -0.664. The molecule has 0 saturated carbocycles. The van der Waals surface area contributed by atoms with Gasteiger partial charge in [-0.1, -0.05) is 17.7 Å². The van der Waals surface area contributed by atoms with E-state index in [9.17, 15) is 9.90 Å². The number of fused-ring (bicyclic) bond motifs is 1. The highest BCUT2D eigenvalue weighted by molar-refractivity contribution is 6.34. The SMILES string of the molecule is Cc1nn(C)c2ncc(NC(=O)c3c(O)cccc3Cl)cc12. The van der Waals surface area contributed by atoms with Gasteiger partial charge in [0.1, 0.15) is 11.3 Å². The summed E-state index contributed by atoms with van der Waals surface area (Å²) < 4.78 is 1.68. The molecule has 0 unspecified atom stereocenters. The van der Waals surface area contributed by atoms with Gasteiger partial charge in [-0.2, -0.15) is 5.10 Å². The molecule has 2 aromatic heterocycles. The summed E-state index contributed by atoms with van der Waals surface area (Å²) in [6, 6.07) is 6.31. The Morgan fingerprint density at radius 2 is 2.18 bits per heavy atom. The minimum Gasteiger partial charge on any atom is -0.507 e. The first-order valence-electron chi connectivity index (χ1n) is 6.55. The van der Waals surface area contributed by atoms with Crippen LogP contribution in [-0.4, -0.2) is 25.8 Å². The van der Waals surface area contributed by atoms with Gasteiger partial charge in [-0.05, 0) is 25.1 Å². The van der Waals surface area contributed by atoms with Crippen molar-refractivity contribution < 1.29 is 9.90 Å². The van der Waals surface area contributed by atoms with E-state index >= 15 is 0 Å². The first-order valence-corrected chi connectivity index (χ1v) is 6.93. The third-order valence-electron chi connectivity index (χ3n) is 3.34. The molecule has 2 heterocycles. The van der Waals surface area contributed by atoms with Crippen LogP contribution in [0.1, 0.15) is 16.1 Å². The normalized spacial score (nSPS) is 10.9. The summed E-state index contributed by atoms with van der Waals surface area (Å²) in [4.78, 5) is 16.6. The molecule has 0 bridgehead atoms. The summed E-state index contributed by atoms with van der Waals surface area (Å²) in [5.41, 5.74) is 2.10. The average Bonchev–Trinajstić information content (AvgIpc) is 2.73. The summed E-state index contributed by atoms with van der Waals surface area (Å²) in [6.45, 7) is 1.87. The first kappa shape index (κ1) is 14.3. The van der Waals surface area contributed by atoms with Crippen molar-refractivity contribution in [2.45, 2.75) is 6.92 Å². The predicted octanol–water partition coefficient (Wildman–Crippen LogP) is 2.89. The van der Waals surface area contributed by atoms with E-state index in [0.29, 0.717) is 5.69 Å². The number of aromatic nitrogens is 3. The van der Waals surface area contributed by atoms with Crippen LogP contribution in [-0.2, 0) is 7.05 Å². The molecule has 1 amide bonds. The third-order valence-corrected chi connectivity index (χ3v) is 3.65. The molecule has 0 aliphatic carbocycles. The molecule has 6 nitrogen and oxygen atoms in total. The van der Waals surface area contributed by atoms with Crippen molar-refractivity contribution in [2.75, 3.05) is 5.32 Å². The molecule has 0 radical (unpaired) electrons. The van der Waals surface area contributed by atoms with Gasteiger partial charge in [0.05, 0.1) is 22.6 Å². The van der Waals surface area contributed by atoms with E-state index in [2.05, 4.69) is 15.4 Å². The van der Waals surface area contributed by atoms with Gasteiger partial charge >= 0.3 is 0 Å². The van der Waals surface area contributed by atoms with Crippen LogP contribution in [0.4, 0.5) is 5.69 Å². The molecule has 0 spiro atoms. The molecule has 0 aliphatic heterocycles. The van der Waals surface area contributed by atoms with E-state index in [1.807, 2.05) is 14.0 Å². The first-order chi connectivity index (χ1) is 10.5. The number of amides is 1. The molecule has 112 valence electrons. The van der Waals surface area contributed by atoms with Crippen molar-refractivity contribution in [3.63, 3.8) is 0 Å². The number of aryl methyl sites for hydroxylation is 2. The van der Waals surface area contributed by atoms with Crippen LogP contribution in [0.2, 0.25) is 5.02 Å². The number of nitrogens with one attached hydrogen (secondary N) is 1. The number of aromatic hydroxyl groups is 1. The Balaban J connectivity index is 1.96. The van der Waals surface area contributed by atoms with Gasteiger partial charge in [0, 0.05) is 12.4 Å². The maximum atomic E-state index is 12.3. The van der Waals surface area contributed by atoms with Gasteiger partial charge in [-0.25, -0.2) is 4.98 Å². The Kier molecular flexibility index (Phi) is 3.46. The maximum Gasteiger partial charge on any atom is 0.260 e. The van der Waals surface area contributed by atoms with Crippen LogP contribution >= 0.6 is 11.6 Å². The predicted molar refractivity (Wildman–Crippen MR) is 84.3 cm³/mol. The quantitative estimate of drug-likeness (QED) is 0.762. The molecule has 0 fully saturated rings. The highest BCUT2D eigenvalue weighted by atomic mass is 35.5. The lowest BCUT2D eigenvalue weighted by Crippen LogP contribution is -2.13. The summed E-state index contributed by atoms with van der Waals surface area (Å²) in [7, 11) is 1.81. The Hall–Kier alpha value is -2.60. The van der Waals surface area contributed by atoms with Crippen LogP contribution in [0.15, 0.2) is 30.5 Å².